The van der Waals surface area contributed by atoms with Gasteiger partial charge in [-0.2, -0.15) is 0 Å². The first kappa shape index (κ1) is 28.5. The Morgan fingerprint density at radius 1 is 0.684 bits per heavy atom. The predicted octanol–water partition coefficient (Wildman–Crippen LogP) is 1.41. The molecular weight excluding hydrogens is 587 g/mol. The average molecular weight is 617 g/mol. The van der Waals surface area contributed by atoms with Crippen LogP contribution in [0.2, 0.25) is 0 Å². The third-order valence-electron chi connectivity index (χ3n) is 7.63. The summed E-state index contributed by atoms with van der Waals surface area (Å²) >= 11 is -2.74. The van der Waals surface area contributed by atoms with Gasteiger partial charge in [-0.15, -0.1) is 0 Å². The maximum Gasteiger partial charge on any atom is -1.00 e. The number of halogens is 2. The van der Waals surface area contributed by atoms with E-state index in [1.165, 1.54) is 51.0 Å². The molecule has 0 heterocycles. The van der Waals surface area contributed by atoms with Crippen LogP contribution in [-0.2, 0) is 27.7 Å². The van der Waals surface area contributed by atoms with Crippen LogP contribution in [0.25, 0.3) is 11.1 Å². The molecule has 2 aliphatic rings. The topological polar surface area (TPSA) is 9.23 Å². The Labute approximate surface area is 246 Å². The second kappa shape index (κ2) is 12.1. The minimum absolute atomic E-state index is 0. The normalized spacial score (nSPS) is 12.8. The van der Waals surface area contributed by atoms with Crippen LogP contribution in [0.1, 0.15) is 42.5 Å². The Kier molecular flexibility index (Phi) is 9.09. The van der Waals surface area contributed by atoms with Crippen LogP contribution in [0, 0.1) is 0 Å². The van der Waals surface area contributed by atoms with E-state index in [9.17, 15) is 0 Å². The van der Waals surface area contributed by atoms with Crippen molar-refractivity contribution in [3.05, 3.63) is 140 Å². The zero-order valence-corrected chi connectivity index (χ0v) is 25.9. The molecule has 0 saturated carbocycles. The Morgan fingerprint density at radius 2 is 1.29 bits per heavy atom. The number of ether oxygens (including phenoxy) is 1. The number of hydrogen-bond donors (Lipinski definition) is 0. The molecule has 1 nitrogen and oxygen atoms in total. The van der Waals surface area contributed by atoms with E-state index in [0.29, 0.717) is 0 Å². The molecule has 4 aromatic carbocycles. The summed E-state index contributed by atoms with van der Waals surface area (Å²) in [5, 5.41) is 0. The molecule has 6 rings (SSSR count). The molecule has 2 aliphatic carbocycles. The van der Waals surface area contributed by atoms with Gasteiger partial charge in [-0.05, 0) is 0 Å². The molecule has 38 heavy (non-hydrogen) atoms. The third-order valence-corrected chi connectivity index (χ3v) is 15.2. The SMILES string of the molecule is COc1ccc2c([c]1[Zr+2]([C]1=CC(C)=C(C)C1)=[C](c1ccccc1)c1ccccc1)Cc1ccccc1-2.[Cl-].[Cl-]. The molecule has 0 aromatic heterocycles. The van der Waals surface area contributed by atoms with E-state index in [4.69, 9.17) is 4.74 Å². The largest absolute Gasteiger partial charge is 1.00 e. The first-order valence-electron chi connectivity index (χ1n) is 12.7. The second-order valence-electron chi connectivity index (χ2n) is 9.79. The first-order chi connectivity index (χ1) is 17.7. The van der Waals surface area contributed by atoms with Gasteiger partial charge in [0.2, 0.25) is 0 Å². The molecule has 4 aromatic rings. The van der Waals surface area contributed by atoms with Gasteiger partial charge in [0.1, 0.15) is 0 Å². The van der Waals surface area contributed by atoms with Crippen molar-refractivity contribution < 1.29 is 50.8 Å². The summed E-state index contributed by atoms with van der Waals surface area (Å²) in [6.07, 6.45) is 4.57. The van der Waals surface area contributed by atoms with Crippen LogP contribution in [0.4, 0.5) is 0 Å². The van der Waals surface area contributed by atoms with E-state index in [0.717, 1.165) is 18.6 Å². The Hall–Kier alpha value is -2.51. The maximum absolute atomic E-state index is 6.18. The van der Waals surface area contributed by atoms with Crippen molar-refractivity contribution in [3.8, 4) is 16.9 Å². The van der Waals surface area contributed by atoms with Crippen molar-refractivity contribution >= 4 is 6.48 Å². The van der Waals surface area contributed by atoms with Gasteiger partial charge in [0, 0.05) is 0 Å². The standard InChI is InChI=1S/C14H11O.C13H10.C7H9.2ClH.Zr/c1-15-12-6-7-14-11(9-12)8-10-4-2-3-5-13(10)14;1-3-7-12(8-4-1)11-13-9-5-2-6-10-13;1-6-4-3-5-7(6)2;;;/h2-7H,8H2,1H3;1-10H;4H,5H2,1-2H3;2*1H;/q;;;;;+2/p-2. The van der Waals surface area contributed by atoms with Gasteiger partial charge in [0.05, 0.1) is 0 Å². The van der Waals surface area contributed by atoms with Crippen LogP contribution < -0.4 is 32.8 Å². The Balaban J connectivity index is 0.00000168. The number of hydrogen-bond acceptors (Lipinski definition) is 1. The Bertz CT molecular complexity index is 1530. The van der Waals surface area contributed by atoms with Crippen LogP contribution in [0.15, 0.2) is 118 Å². The fourth-order valence-electron chi connectivity index (χ4n) is 5.77. The fourth-order valence-corrected chi connectivity index (χ4v) is 14.5. The molecule has 190 valence electrons. The quantitative estimate of drug-likeness (QED) is 0.291. The van der Waals surface area contributed by atoms with Crippen LogP contribution in [0.5, 0.6) is 5.75 Å². The smallest absolute Gasteiger partial charge is 1.00 e. The van der Waals surface area contributed by atoms with Crippen LogP contribution in [0.3, 0.4) is 0 Å². The molecule has 0 fully saturated rings. The molecule has 0 saturated heterocycles. The number of fused-ring (bicyclic) bond motifs is 3. The summed E-state index contributed by atoms with van der Waals surface area (Å²) in [6.45, 7) is 4.57. The number of allylic oxidation sites excluding steroid dienone is 4. The molecule has 0 N–H and O–H groups in total. The van der Waals surface area contributed by atoms with Gasteiger partial charge in [-0.25, -0.2) is 0 Å². The van der Waals surface area contributed by atoms with E-state index >= 15 is 0 Å². The molecule has 0 aliphatic heterocycles. The molecule has 0 radical (unpaired) electrons. The maximum atomic E-state index is 6.18. The number of rotatable bonds is 5. The van der Waals surface area contributed by atoms with Crippen molar-refractivity contribution in [2.45, 2.75) is 26.7 Å². The van der Waals surface area contributed by atoms with Crippen molar-refractivity contribution in [2.24, 2.45) is 0 Å². The summed E-state index contributed by atoms with van der Waals surface area (Å²) in [5.41, 5.74) is 11.3. The van der Waals surface area contributed by atoms with Crippen LogP contribution >= 0.6 is 0 Å². The molecule has 0 unspecified atom stereocenters. The third kappa shape index (κ3) is 5.07. The van der Waals surface area contributed by atoms with Gasteiger partial charge in [-0.1, -0.05) is 0 Å². The molecule has 0 spiro atoms. The monoisotopic (exact) mass is 614 g/mol. The van der Waals surface area contributed by atoms with Gasteiger partial charge in [0.15, 0.2) is 0 Å². The molecule has 4 heteroatoms. The number of benzene rings is 4. The summed E-state index contributed by atoms with van der Waals surface area (Å²) in [4.78, 5) is 0. The summed E-state index contributed by atoms with van der Waals surface area (Å²) in [6, 6.07) is 35.6. The average Bonchev–Trinajstić information content (AvgIpc) is 3.47. The zero-order valence-electron chi connectivity index (χ0n) is 21.9. The minimum atomic E-state index is -2.74. The van der Waals surface area contributed by atoms with Crippen molar-refractivity contribution in [1.29, 1.82) is 0 Å². The fraction of sp³-hybridized carbons (Fsp3) is 0.147. The van der Waals surface area contributed by atoms with E-state index < -0.39 is 21.3 Å². The van der Waals surface area contributed by atoms with E-state index in [2.05, 4.69) is 117 Å². The van der Waals surface area contributed by atoms with Gasteiger partial charge in [-0.3, -0.25) is 0 Å². The van der Waals surface area contributed by atoms with Gasteiger partial charge < -0.3 is 24.8 Å². The zero-order chi connectivity index (χ0) is 24.6. The molecule has 0 amide bonds. The van der Waals surface area contributed by atoms with Gasteiger partial charge >= 0.3 is 223 Å². The van der Waals surface area contributed by atoms with Crippen molar-refractivity contribution in [2.75, 3.05) is 7.11 Å². The molecule has 0 bridgehead atoms. The Morgan fingerprint density at radius 3 is 1.87 bits per heavy atom. The number of methoxy groups -OCH3 is 1. The van der Waals surface area contributed by atoms with Crippen LogP contribution in [-0.4, -0.2) is 10.3 Å². The van der Waals surface area contributed by atoms with Crippen molar-refractivity contribution in [1.82, 2.24) is 0 Å². The van der Waals surface area contributed by atoms with E-state index in [1.807, 2.05) is 7.11 Å². The summed E-state index contributed by atoms with van der Waals surface area (Å²) in [7, 11) is 1.84. The summed E-state index contributed by atoms with van der Waals surface area (Å²) in [5.74, 6) is 1.06. The van der Waals surface area contributed by atoms with E-state index in [-0.39, 0.29) is 24.8 Å². The predicted molar refractivity (Wildman–Crippen MR) is 148 cm³/mol. The van der Waals surface area contributed by atoms with E-state index in [1.54, 1.807) is 3.28 Å². The first-order valence-corrected chi connectivity index (χ1v) is 16.4. The molecular formula is C34H30Cl2OZr. The second-order valence-corrected chi connectivity index (χ2v) is 15.7. The van der Waals surface area contributed by atoms with Gasteiger partial charge in [0.25, 0.3) is 0 Å². The van der Waals surface area contributed by atoms with Crippen molar-refractivity contribution in [3.63, 3.8) is 0 Å². The molecule has 0 atom stereocenters. The minimum Gasteiger partial charge on any atom is -1.00 e. The summed E-state index contributed by atoms with van der Waals surface area (Å²) < 4.78 is 10.9.